The Kier molecular flexibility index (Phi) is 10.7. The van der Waals surface area contributed by atoms with E-state index < -0.39 is 0 Å². The number of esters is 1. The number of allylic oxidation sites excluding steroid dienone is 2. The van der Waals surface area contributed by atoms with E-state index in [-0.39, 0.29) is 11.7 Å². The number of carbonyl (C=O) groups excluding carboxylic acids is 1. The minimum atomic E-state index is -0.332. The fraction of sp³-hybridized carbons (Fsp3) is 0.550. The number of carbonyl (C=O) groups is 1. The van der Waals surface area contributed by atoms with Crippen LogP contribution in [-0.2, 0) is 4.74 Å². The first-order valence-corrected chi connectivity index (χ1v) is 8.85. The van der Waals surface area contributed by atoms with Crippen LogP contribution < -0.4 is 0 Å². The van der Waals surface area contributed by atoms with Gasteiger partial charge in [-0.2, -0.15) is 0 Å². The number of hydrogen-bond donors (Lipinski definition) is 1. The van der Waals surface area contributed by atoms with E-state index in [0.717, 1.165) is 19.3 Å². The molecule has 0 atom stereocenters. The van der Waals surface area contributed by atoms with Crippen LogP contribution >= 0.6 is 0 Å². The van der Waals surface area contributed by atoms with E-state index in [1.54, 1.807) is 12.1 Å². The lowest BCUT2D eigenvalue weighted by molar-refractivity contribution is 0.0501. The van der Waals surface area contributed by atoms with Gasteiger partial charge in [0.15, 0.2) is 0 Å². The van der Waals surface area contributed by atoms with Crippen LogP contribution in [0.5, 0.6) is 5.75 Å². The first kappa shape index (κ1) is 19.3. The molecule has 0 unspecified atom stereocenters. The summed E-state index contributed by atoms with van der Waals surface area (Å²) in [7, 11) is 0. The Morgan fingerprint density at radius 3 is 2.26 bits per heavy atom. The van der Waals surface area contributed by atoms with Crippen molar-refractivity contribution in [3.8, 4) is 5.75 Å². The maximum atomic E-state index is 11.7. The maximum absolute atomic E-state index is 11.7. The number of ether oxygens (including phenoxy) is 1. The molecule has 0 spiro atoms. The topological polar surface area (TPSA) is 46.5 Å². The molecule has 0 amide bonds. The van der Waals surface area contributed by atoms with Crippen molar-refractivity contribution in [1.29, 1.82) is 0 Å². The van der Waals surface area contributed by atoms with E-state index in [9.17, 15) is 4.79 Å². The number of rotatable bonds is 12. The molecule has 1 N–H and O–H groups in total. The summed E-state index contributed by atoms with van der Waals surface area (Å²) in [5.74, 6) is -0.182. The third-order valence-corrected chi connectivity index (χ3v) is 3.74. The van der Waals surface area contributed by atoms with Crippen molar-refractivity contribution < 1.29 is 14.6 Å². The van der Waals surface area contributed by atoms with E-state index >= 15 is 0 Å². The van der Waals surface area contributed by atoms with E-state index in [0.29, 0.717) is 12.2 Å². The van der Waals surface area contributed by atoms with Crippen molar-refractivity contribution in [3.05, 3.63) is 42.0 Å². The van der Waals surface area contributed by atoms with Crippen LogP contribution in [0.25, 0.3) is 0 Å². The minimum Gasteiger partial charge on any atom is -0.508 e. The minimum absolute atomic E-state index is 0.150. The Morgan fingerprint density at radius 1 is 0.957 bits per heavy atom. The normalized spacial score (nSPS) is 11.0. The fourth-order valence-electron chi connectivity index (χ4n) is 2.33. The van der Waals surface area contributed by atoms with Crippen LogP contribution in [0.4, 0.5) is 0 Å². The average Bonchev–Trinajstić information content (AvgIpc) is 2.56. The summed E-state index contributed by atoms with van der Waals surface area (Å²) in [6.07, 6.45) is 15.3. The smallest absolute Gasteiger partial charge is 0.338 e. The van der Waals surface area contributed by atoms with Gasteiger partial charge in [-0.25, -0.2) is 4.79 Å². The van der Waals surface area contributed by atoms with E-state index in [2.05, 4.69) is 19.1 Å². The quantitative estimate of drug-likeness (QED) is 0.308. The number of aromatic hydroxyl groups is 1. The van der Waals surface area contributed by atoms with Crippen LogP contribution in [0.15, 0.2) is 36.4 Å². The highest BCUT2D eigenvalue weighted by Crippen LogP contribution is 2.11. The van der Waals surface area contributed by atoms with Gasteiger partial charge in [0.2, 0.25) is 0 Å². The van der Waals surface area contributed by atoms with E-state index in [1.807, 2.05) is 0 Å². The lowest BCUT2D eigenvalue weighted by Crippen LogP contribution is -2.05. The lowest BCUT2D eigenvalue weighted by atomic mass is 10.1. The maximum Gasteiger partial charge on any atom is 0.338 e. The summed E-state index contributed by atoms with van der Waals surface area (Å²) in [4.78, 5) is 11.7. The Morgan fingerprint density at radius 2 is 1.57 bits per heavy atom. The molecule has 0 aliphatic carbocycles. The van der Waals surface area contributed by atoms with Crippen molar-refractivity contribution in [2.24, 2.45) is 0 Å². The van der Waals surface area contributed by atoms with Gasteiger partial charge in [-0.05, 0) is 49.9 Å². The highest BCUT2D eigenvalue weighted by Gasteiger charge is 2.05. The zero-order chi connectivity index (χ0) is 16.8. The molecule has 1 aromatic carbocycles. The highest BCUT2D eigenvalue weighted by molar-refractivity contribution is 5.89. The second kappa shape index (κ2) is 12.7. The van der Waals surface area contributed by atoms with Crippen molar-refractivity contribution in [1.82, 2.24) is 0 Å². The first-order chi connectivity index (χ1) is 11.2. The number of hydrogen-bond acceptors (Lipinski definition) is 3. The van der Waals surface area contributed by atoms with Crippen LogP contribution in [0.3, 0.4) is 0 Å². The molecule has 1 rings (SSSR count). The van der Waals surface area contributed by atoms with Crippen molar-refractivity contribution >= 4 is 5.97 Å². The predicted molar refractivity (Wildman–Crippen MR) is 94.8 cm³/mol. The largest absolute Gasteiger partial charge is 0.508 e. The molecule has 1 aromatic rings. The number of phenols is 1. The lowest BCUT2D eigenvalue weighted by Gasteiger charge is -2.03. The van der Waals surface area contributed by atoms with Gasteiger partial charge in [-0.3, -0.25) is 0 Å². The third-order valence-electron chi connectivity index (χ3n) is 3.74. The molecule has 0 bridgehead atoms. The highest BCUT2D eigenvalue weighted by atomic mass is 16.5. The summed E-state index contributed by atoms with van der Waals surface area (Å²) in [6.45, 7) is 2.67. The molecule has 3 heteroatoms. The van der Waals surface area contributed by atoms with Gasteiger partial charge in [0.1, 0.15) is 5.75 Å². The Labute approximate surface area is 140 Å². The molecule has 0 aliphatic heterocycles. The van der Waals surface area contributed by atoms with E-state index in [1.165, 1.54) is 50.7 Å². The van der Waals surface area contributed by atoms with Crippen molar-refractivity contribution in [2.75, 3.05) is 6.61 Å². The van der Waals surface area contributed by atoms with Gasteiger partial charge >= 0.3 is 5.97 Å². The predicted octanol–water partition coefficient (Wildman–Crippen LogP) is 5.64. The second-order valence-electron chi connectivity index (χ2n) is 5.85. The zero-order valence-corrected chi connectivity index (χ0v) is 14.3. The second-order valence-corrected chi connectivity index (χ2v) is 5.85. The summed E-state index contributed by atoms with van der Waals surface area (Å²) >= 11 is 0. The van der Waals surface area contributed by atoms with Gasteiger partial charge in [-0.15, -0.1) is 0 Å². The summed E-state index contributed by atoms with van der Waals surface area (Å²) in [5.41, 5.74) is 0.474. The molecule has 3 nitrogen and oxygen atoms in total. The molecule has 0 radical (unpaired) electrons. The number of unbranched alkanes of at least 4 members (excludes halogenated alkanes) is 7. The van der Waals surface area contributed by atoms with Gasteiger partial charge < -0.3 is 9.84 Å². The number of phenolic OH excluding ortho intramolecular Hbond substituents is 1. The molecule has 0 heterocycles. The SMILES string of the molecule is CCCCCCCC/C=C\CCCOC(=O)c1ccc(O)cc1. The van der Waals surface area contributed by atoms with Crippen LogP contribution in [0, 0.1) is 0 Å². The molecule has 0 saturated carbocycles. The Balaban J connectivity index is 1.97. The molecule has 128 valence electrons. The zero-order valence-electron chi connectivity index (χ0n) is 14.3. The third kappa shape index (κ3) is 9.77. The van der Waals surface area contributed by atoms with Crippen molar-refractivity contribution in [3.63, 3.8) is 0 Å². The van der Waals surface area contributed by atoms with Crippen LogP contribution in [0.1, 0.15) is 75.1 Å². The Bertz CT molecular complexity index is 448. The summed E-state index contributed by atoms with van der Waals surface area (Å²) in [5, 5.41) is 9.17. The molecule has 0 aliphatic rings. The molecule has 0 saturated heterocycles. The van der Waals surface area contributed by atoms with Gasteiger partial charge in [-0.1, -0.05) is 51.2 Å². The molecular weight excluding hydrogens is 288 g/mol. The van der Waals surface area contributed by atoms with Crippen LogP contribution in [-0.4, -0.2) is 17.7 Å². The fourth-order valence-corrected chi connectivity index (χ4v) is 2.33. The van der Waals surface area contributed by atoms with Crippen LogP contribution in [0.2, 0.25) is 0 Å². The van der Waals surface area contributed by atoms with Gasteiger partial charge in [0, 0.05) is 0 Å². The first-order valence-electron chi connectivity index (χ1n) is 8.85. The average molecular weight is 318 g/mol. The Hall–Kier alpha value is -1.77. The van der Waals surface area contributed by atoms with Gasteiger partial charge in [0.25, 0.3) is 0 Å². The molecular formula is C20H30O3. The molecule has 0 aromatic heterocycles. The van der Waals surface area contributed by atoms with Crippen molar-refractivity contribution in [2.45, 2.75) is 64.7 Å². The molecule has 0 fully saturated rings. The standard InChI is InChI=1S/C20H30O3/c1-2-3-4-5-6-7-8-9-10-11-12-17-23-20(22)18-13-15-19(21)16-14-18/h9-10,13-16,21H,2-8,11-12,17H2,1H3/b10-9-. The molecule has 23 heavy (non-hydrogen) atoms. The van der Waals surface area contributed by atoms with Gasteiger partial charge in [0.05, 0.1) is 12.2 Å². The summed E-state index contributed by atoms with van der Waals surface area (Å²) < 4.78 is 5.20. The van der Waals surface area contributed by atoms with E-state index in [4.69, 9.17) is 9.84 Å². The number of benzene rings is 1. The monoisotopic (exact) mass is 318 g/mol. The summed E-state index contributed by atoms with van der Waals surface area (Å²) in [6, 6.07) is 6.11.